The molecule has 0 unspecified atom stereocenters. The Morgan fingerprint density at radius 1 is 1.14 bits per heavy atom. The summed E-state index contributed by atoms with van der Waals surface area (Å²) >= 11 is 0. The van der Waals surface area contributed by atoms with Crippen LogP contribution in [0, 0.1) is 5.92 Å². The van der Waals surface area contributed by atoms with Crippen LogP contribution in [-0.4, -0.2) is 38.1 Å². The minimum Gasteiger partial charge on any atom is -0.481 e. The van der Waals surface area contributed by atoms with Crippen LogP contribution >= 0.6 is 0 Å². The van der Waals surface area contributed by atoms with E-state index in [1.807, 2.05) is 26.9 Å². The van der Waals surface area contributed by atoms with Crippen LogP contribution in [-0.2, 0) is 18.8 Å². The molecule has 124 valence electrons. The van der Waals surface area contributed by atoms with Gasteiger partial charge < -0.3 is 14.3 Å². The Morgan fingerprint density at radius 3 is 2.05 bits per heavy atom. The molecule has 0 aromatic rings. The Balaban J connectivity index is 4.74. The Hall–Kier alpha value is -0.883. The zero-order valence-electron chi connectivity index (χ0n) is 14.4. The number of carboxylic acid groups (broad SMARTS) is 1. The van der Waals surface area contributed by atoms with Gasteiger partial charge in [0.15, 0.2) is 8.32 Å². The molecule has 1 N–H and O–H groups in total. The minimum absolute atomic E-state index is 0.00840. The van der Waals surface area contributed by atoms with Crippen LogP contribution < -0.4 is 0 Å². The highest BCUT2D eigenvalue weighted by Gasteiger charge is 2.40. The topological polar surface area (TPSA) is 72.8 Å². The Kier molecular flexibility index (Phi) is 7.60. The fourth-order valence-corrected chi connectivity index (χ4v) is 2.80. The fourth-order valence-electron chi connectivity index (χ4n) is 1.45. The summed E-state index contributed by atoms with van der Waals surface area (Å²) in [6.45, 7) is 14.6. The molecule has 0 saturated heterocycles. The summed E-state index contributed by atoms with van der Waals surface area (Å²) in [4.78, 5) is 22.8. The second-order valence-electron chi connectivity index (χ2n) is 7.38. The second-order valence-corrected chi connectivity index (χ2v) is 12.1. The first-order valence-electron chi connectivity index (χ1n) is 7.40. The van der Waals surface area contributed by atoms with Crippen LogP contribution in [0.25, 0.3) is 0 Å². The molecule has 0 aromatic heterocycles. The Labute approximate surface area is 129 Å². The van der Waals surface area contributed by atoms with Gasteiger partial charge in [-0.3, -0.25) is 9.59 Å². The fraction of sp³-hybridized carbons (Fsp3) is 0.867. The number of hydrogen-bond donors (Lipinski definition) is 1. The molecular formula is C15H30O5Si. The van der Waals surface area contributed by atoms with Crippen molar-refractivity contribution in [3.05, 3.63) is 0 Å². The van der Waals surface area contributed by atoms with Crippen molar-refractivity contribution >= 4 is 20.3 Å². The van der Waals surface area contributed by atoms with E-state index >= 15 is 0 Å². The van der Waals surface area contributed by atoms with Crippen molar-refractivity contribution in [2.75, 3.05) is 6.61 Å². The number of carbonyl (C=O) groups excluding carboxylic acids is 1. The number of aliphatic carboxylic acids is 1. The lowest BCUT2D eigenvalue weighted by Crippen LogP contribution is -2.45. The zero-order valence-corrected chi connectivity index (χ0v) is 15.4. The van der Waals surface area contributed by atoms with Crippen molar-refractivity contribution in [3.63, 3.8) is 0 Å². The highest BCUT2D eigenvalue weighted by atomic mass is 28.4. The molecule has 0 saturated carbocycles. The zero-order chi connectivity index (χ0) is 16.8. The molecule has 1 atom stereocenters. The van der Waals surface area contributed by atoms with Crippen molar-refractivity contribution < 1.29 is 23.9 Å². The van der Waals surface area contributed by atoms with E-state index in [0.717, 1.165) is 0 Å². The molecule has 0 aliphatic carbocycles. The molecule has 0 fully saturated rings. The van der Waals surface area contributed by atoms with Gasteiger partial charge in [-0.25, -0.2) is 0 Å². The van der Waals surface area contributed by atoms with Crippen LogP contribution in [0.5, 0.6) is 0 Å². The molecule has 21 heavy (non-hydrogen) atoms. The molecule has 0 aromatic carbocycles. The highest BCUT2D eigenvalue weighted by Crippen LogP contribution is 2.38. The van der Waals surface area contributed by atoms with E-state index in [1.54, 1.807) is 0 Å². The van der Waals surface area contributed by atoms with Crippen molar-refractivity contribution in [3.8, 4) is 0 Å². The first-order chi connectivity index (χ1) is 9.35. The summed E-state index contributed by atoms with van der Waals surface area (Å²) in [5, 5.41) is 8.96. The van der Waals surface area contributed by atoms with Crippen molar-refractivity contribution in [1.82, 2.24) is 0 Å². The number of rotatable bonds is 8. The quantitative estimate of drug-likeness (QED) is 0.548. The molecule has 0 radical (unpaired) electrons. The van der Waals surface area contributed by atoms with Crippen LogP contribution in [0.15, 0.2) is 0 Å². The Bertz CT molecular complexity index is 358. The van der Waals surface area contributed by atoms with Crippen molar-refractivity contribution in [2.24, 2.45) is 5.92 Å². The first-order valence-corrected chi connectivity index (χ1v) is 10.3. The van der Waals surface area contributed by atoms with Crippen molar-refractivity contribution in [1.29, 1.82) is 0 Å². The average Bonchev–Trinajstić information content (AvgIpc) is 2.22. The number of esters is 1. The van der Waals surface area contributed by atoms with E-state index in [2.05, 4.69) is 20.8 Å². The molecule has 0 spiro atoms. The number of hydrogen-bond acceptors (Lipinski definition) is 4. The molecule has 0 heterocycles. The van der Waals surface area contributed by atoms with Crippen LogP contribution in [0.2, 0.25) is 18.1 Å². The predicted octanol–water partition coefficient (Wildman–Crippen LogP) is 3.44. The van der Waals surface area contributed by atoms with E-state index in [-0.39, 0.29) is 23.8 Å². The molecule has 0 aliphatic heterocycles. The van der Waals surface area contributed by atoms with Crippen molar-refractivity contribution in [2.45, 2.75) is 71.7 Å². The van der Waals surface area contributed by atoms with Gasteiger partial charge in [0.1, 0.15) is 0 Å². The lowest BCUT2D eigenvalue weighted by atomic mass is 10.2. The number of ether oxygens (including phenoxy) is 1. The van der Waals surface area contributed by atoms with Gasteiger partial charge in [-0.05, 0) is 24.1 Å². The summed E-state index contributed by atoms with van der Waals surface area (Å²) in [5.41, 5.74) is 0. The lowest BCUT2D eigenvalue weighted by molar-refractivity contribution is -0.147. The SMILES string of the molecule is CC(C)COC(=O)C[C@H](CC(=O)O)O[Si](C)(C)C(C)(C)C. The van der Waals surface area contributed by atoms with E-state index < -0.39 is 26.4 Å². The van der Waals surface area contributed by atoms with Gasteiger partial charge in [0, 0.05) is 0 Å². The van der Waals surface area contributed by atoms with E-state index in [9.17, 15) is 9.59 Å². The molecule has 6 heteroatoms. The lowest BCUT2D eigenvalue weighted by Gasteiger charge is -2.38. The standard InChI is InChI=1S/C15H30O5Si/c1-11(2)10-19-14(18)9-12(8-13(16)17)20-21(6,7)15(3,4)5/h11-12H,8-10H2,1-7H3,(H,16,17)/t12-/m0/s1. The largest absolute Gasteiger partial charge is 0.481 e. The third-order valence-electron chi connectivity index (χ3n) is 3.64. The maximum atomic E-state index is 11.8. The molecule has 0 amide bonds. The summed E-state index contributed by atoms with van der Waals surface area (Å²) in [7, 11) is -2.12. The van der Waals surface area contributed by atoms with Crippen LogP contribution in [0.1, 0.15) is 47.5 Å². The monoisotopic (exact) mass is 318 g/mol. The summed E-state index contributed by atoms with van der Waals surface area (Å²) < 4.78 is 11.2. The van der Waals surface area contributed by atoms with Gasteiger partial charge in [-0.2, -0.15) is 0 Å². The third-order valence-corrected chi connectivity index (χ3v) is 8.18. The van der Waals surface area contributed by atoms with Gasteiger partial charge >= 0.3 is 11.9 Å². The number of carbonyl (C=O) groups is 2. The van der Waals surface area contributed by atoms with Gasteiger partial charge in [0.25, 0.3) is 0 Å². The second kappa shape index (κ2) is 7.94. The summed E-state index contributed by atoms with van der Waals surface area (Å²) in [6, 6.07) is 0. The van der Waals surface area contributed by atoms with Gasteiger partial charge in [0.2, 0.25) is 0 Å². The van der Waals surface area contributed by atoms with Crippen LogP contribution in [0.4, 0.5) is 0 Å². The third kappa shape index (κ3) is 8.21. The van der Waals surface area contributed by atoms with E-state index in [0.29, 0.717) is 6.61 Å². The maximum Gasteiger partial charge on any atom is 0.308 e. The van der Waals surface area contributed by atoms with Crippen LogP contribution in [0.3, 0.4) is 0 Å². The highest BCUT2D eigenvalue weighted by molar-refractivity contribution is 6.74. The number of carboxylic acids is 1. The summed E-state index contributed by atoms with van der Waals surface area (Å²) in [5.74, 6) is -1.10. The predicted molar refractivity (Wildman–Crippen MR) is 84.7 cm³/mol. The molecule has 0 aliphatic rings. The minimum atomic E-state index is -2.12. The van der Waals surface area contributed by atoms with E-state index in [1.165, 1.54) is 0 Å². The van der Waals surface area contributed by atoms with E-state index in [4.69, 9.17) is 14.3 Å². The first kappa shape index (κ1) is 20.1. The molecule has 0 bridgehead atoms. The van der Waals surface area contributed by atoms with Gasteiger partial charge in [0.05, 0.1) is 25.6 Å². The smallest absolute Gasteiger partial charge is 0.308 e. The van der Waals surface area contributed by atoms with Gasteiger partial charge in [-0.15, -0.1) is 0 Å². The van der Waals surface area contributed by atoms with Gasteiger partial charge in [-0.1, -0.05) is 34.6 Å². The average molecular weight is 318 g/mol. The molecular weight excluding hydrogens is 288 g/mol. The normalized spacial score (nSPS) is 14.1. The Morgan fingerprint density at radius 2 is 1.67 bits per heavy atom. The molecule has 5 nitrogen and oxygen atoms in total. The summed E-state index contributed by atoms with van der Waals surface area (Å²) in [6.07, 6.45) is -0.808. The molecule has 0 rings (SSSR count). The maximum absolute atomic E-state index is 11.8.